The van der Waals surface area contributed by atoms with Crippen molar-refractivity contribution < 1.29 is 9.53 Å². The van der Waals surface area contributed by atoms with E-state index in [0.29, 0.717) is 0 Å². The molecule has 116 valence electrons. The predicted molar refractivity (Wildman–Crippen MR) is 85.2 cm³/mol. The van der Waals surface area contributed by atoms with Crippen LogP contribution in [0, 0.1) is 6.92 Å². The van der Waals surface area contributed by atoms with E-state index in [4.69, 9.17) is 4.74 Å². The summed E-state index contributed by atoms with van der Waals surface area (Å²) < 4.78 is 5.86. The van der Waals surface area contributed by atoms with Crippen LogP contribution in [0.2, 0.25) is 0 Å². The molecule has 0 bridgehead atoms. The Hall–Kier alpha value is -1.35. The molecule has 0 N–H and O–H groups in total. The first-order valence-electron chi connectivity index (χ1n) is 7.76. The van der Waals surface area contributed by atoms with Crippen molar-refractivity contribution in [2.45, 2.75) is 57.6 Å². The molecule has 0 spiro atoms. The van der Waals surface area contributed by atoms with Crippen LogP contribution in [0.4, 0.5) is 0 Å². The third-order valence-corrected chi connectivity index (χ3v) is 4.87. The van der Waals surface area contributed by atoms with Crippen LogP contribution in [0.3, 0.4) is 0 Å². The van der Waals surface area contributed by atoms with E-state index in [0.717, 1.165) is 31.2 Å². The lowest BCUT2D eigenvalue weighted by Gasteiger charge is -2.36. The fourth-order valence-corrected chi connectivity index (χ4v) is 2.88. The smallest absolute Gasteiger partial charge is 0.318 e. The van der Waals surface area contributed by atoms with Crippen molar-refractivity contribution in [3.8, 4) is 0 Å². The van der Waals surface area contributed by atoms with E-state index < -0.39 is 11.1 Å². The minimum Gasteiger partial charge on any atom is -0.444 e. The summed E-state index contributed by atoms with van der Waals surface area (Å²) in [6.45, 7) is 5.93. The molecule has 2 rings (SSSR count). The molecule has 0 heterocycles. The first-order chi connectivity index (χ1) is 9.78. The van der Waals surface area contributed by atoms with Gasteiger partial charge in [-0.3, -0.25) is 9.69 Å². The van der Waals surface area contributed by atoms with Crippen LogP contribution in [-0.4, -0.2) is 30.7 Å². The van der Waals surface area contributed by atoms with E-state index in [9.17, 15) is 4.79 Å². The fourth-order valence-electron chi connectivity index (χ4n) is 2.88. The Balaban J connectivity index is 2.30. The number of ether oxygens (including phenoxy) is 1. The van der Waals surface area contributed by atoms with Crippen LogP contribution >= 0.6 is 0 Å². The first kappa shape index (κ1) is 16.0. The van der Waals surface area contributed by atoms with Crippen LogP contribution in [0.25, 0.3) is 0 Å². The molecule has 0 aliphatic heterocycles. The van der Waals surface area contributed by atoms with Gasteiger partial charge in [0.1, 0.15) is 0 Å². The lowest BCUT2D eigenvalue weighted by molar-refractivity contribution is -0.179. The average Bonchev–Trinajstić information content (AvgIpc) is 2.89. The quantitative estimate of drug-likeness (QED) is 0.626. The van der Waals surface area contributed by atoms with Gasteiger partial charge in [0.05, 0.1) is 5.41 Å². The van der Waals surface area contributed by atoms with Crippen molar-refractivity contribution in [2.75, 3.05) is 14.1 Å². The maximum atomic E-state index is 12.9. The number of carbonyl (C=O) groups excluding carboxylic acids is 1. The normalized spacial score (nSPS) is 18.0. The summed E-state index contributed by atoms with van der Waals surface area (Å²) in [5.74, 6) is -0.0810. The summed E-state index contributed by atoms with van der Waals surface area (Å²) in [4.78, 5) is 14.9. The lowest BCUT2D eigenvalue weighted by Crippen LogP contribution is -2.47. The highest BCUT2D eigenvalue weighted by Gasteiger charge is 2.46. The highest BCUT2D eigenvalue weighted by molar-refractivity contribution is 5.84. The zero-order valence-corrected chi connectivity index (χ0v) is 13.9. The van der Waals surface area contributed by atoms with Gasteiger partial charge < -0.3 is 4.74 Å². The van der Waals surface area contributed by atoms with E-state index in [1.807, 2.05) is 32.8 Å². The second-order valence-corrected chi connectivity index (χ2v) is 6.89. The van der Waals surface area contributed by atoms with E-state index in [-0.39, 0.29) is 5.97 Å². The largest absolute Gasteiger partial charge is 0.444 e. The lowest BCUT2D eigenvalue weighted by atomic mass is 9.78. The zero-order valence-electron chi connectivity index (χ0n) is 13.9. The van der Waals surface area contributed by atoms with Crippen LogP contribution in [0.15, 0.2) is 24.3 Å². The van der Waals surface area contributed by atoms with Gasteiger partial charge in [-0.25, -0.2) is 0 Å². The summed E-state index contributed by atoms with van der Waals surface area (Å²) in [6.07, 6.45) is 3.95. The highest BCUT2D eigenvalue weighted by atomic mass is 16.6. The molecular formula is C18H27NO2. The van der Waals surface area contributed by atoms with Gasteiger partial charge in [0, 0.05) is 0 Å². The van der Waals surface area contributed by atoms with E-state index in [1.165, 1.54) is 5.56 Å². The Labute approximate surface area is 128 Å². The van der Waals surface area contributed by atoms with Crippen molar-refractivity contribution in [1.29, 1.82) is 0 Å². The van der Waals surface area contributed by atoms with Gasteiger partial charge >= 0.3 is 5.97 Å². The molecule has 0 aromatic heterocycles. The van der Waals surface area contributed by atoms with Gasteiger partial charge in [-0.15, -0.1) is 0 Å². The minimum absolute atomic E-state index is 0.0810. The molecule has 0 saturated heterocycles. The van der Waals surface area contributed by atoms with Gasteiger partial charge in [-0.05, 0) is 53.3 Å². The molecule has 0 amide bonds. The van der Waals surface area contributed by atoms with Crippen molar-refractivity contribution >= 4 is 5.97 Å². The highest BCUT2D eigenvalue weighted by Crippen LogP contribution is 2.43. The molecule has 3 heteroatoms. The van der Waals surface area contributed by atoms with Gasteiger partial charge in [0.15, 0.2) is 5.72 Å². The van der Waals surface area contributed by atoms with Crippen LogP contribution < -0.4 is 0 Å². The van der Waals surface area contributed by atoms with Crippen molar-refractivity contribution in [2.24, 2.45) is 0 Å². The topological polar surface area (TPSA) is 29.5 Å². The molecule has 21 heavy (non-hydrogen) atoms. The second-order valence-electron chi connectivity index (χ2n) is 6.89. The van der Waals surface area contributed by atoms with E-state index >= 15 is 0 Å². The number of hydrogen-bond donors (Lipinski definition) is 0. The molecule has 0 unspecified atom stereocenters. The van der Waals surface area contributed by atoms with E-state index in [2.05, 4.69) is 31.2 Å². The van der Waals surface area contributed by atoms with E-state index in [1.54, 1.807) is 0 Å². The molecule has 1 aromatic carbocycles. The minimum atomic E-state index is -0.586. The molecule has 1 aromatic rings. The molecule has 1 aliphatic carbocycles. The maximum Gasteiger partial charge on any atom is 0.318 e. The fraction of sp³-hybridized carbons (Fsp3) is 0.611. The number of benzene rings is 1. The van der Waals surface area contributed by atoms with Crippen LogP contribution in [-0.2, 0) is 14.9 Å². The Morgan fingerprint density at radius 3 is 2.14 bits per heavy atom. The predicted octanol–water partition coefficient (Wildman–Crippen LogP) is 3.65. The van der Waals surface area contributed by atoms with Gasteiger partial charge in [0.25, 0.3) is 0 Å². The molecule has 1 fully saturated rings. The number of nitrogens with zero attached hydrogens (tertiary/aromatic N) is 1. The van der Waals surface area contributed by atoms with Gasteiger partial charge in [-0.2, -0.15) is 0 Å². The molecule has 1 aliphatic rings. The summed E-state index contributed by atoms with van der Waals surface area (Å²) >= 11 is 0. The van der Waals surface area contributed by atoms with Crippen molar-refractivity contribution in [1.82, 2.24) is 4.90 Å². The summed E-state index contributed by atoms with van der Waals surface area (Å²) in [5, 5.41) is 0. The van der Waals surface area contributed by atoms with Gasteiger partial charge in [0.2, 0.25) is 0 Å². The Bertz CT molecular complexity index is 496. The maximum absolute atomic E-state index is 12.9. The summed E-state index contributed by atoms with van der Waals surface area (Å²) in [6, 6.07) is 8.34. The van der Waals surface area contributed by atoms with Gasteiger partial charge in [-0.1, -0.05) is 42.7 Å². The zero-order chi connectivity index (χ0) is 15.7. The standard InChI is InChI=1S/C18H27NO2/c1-14-8-10-15(11-9-14)18(12-6-7-13-18)16(20)21-17(2,3)19(4)5/h8-11H,6-7,12-13H2,1-5H3. The SMILES string of the molecule is Cc1ccc(C2(C(=O)OC(C)(C)N(C)C)CCCC2)cc1. The number of esters is 1. The molecule has 3 nitrogen and oxygen atoms in total. The Morgan fingerprint density at radius 2 is 1.67 bits per heavy atom. The summed E-state index contributed by atoms with van der Waals surface area (Å²) in [5.41, 5.74) is 1.28. The molecule has 1 saturated carbocycles. The molecule has 0 atom stereocenters. The van der Waals surface area contributed by atoms with Crippen molar-refractivity contribution in [3.63, 3.8) is 0 Å². The average molecular weight is 289 g/mol. The monoisotopic (exact) mass is 289 g/mol. The third-order valence-electron chi connectivity index (χ3n) is 4.87. The summed E-state index contributed by atoms with van der Waals surface area (Å²) in [7, 11) is 3.86. The molecule has 0 radical (unpaired) electrons. The Morgan fingerprint density at radius 1 is 1.14 bits per heavy atom. The number of carbonyl (C=O) groups is 1. The Kier molecular flexibility index (Phi) is 4.43. The number of hydrogen-bond acceptors (Lipinski definition) is 3. The first-order valence-corrected chi connectivity index (χ1v) is 7.76. The number of rotatable bonds is 4. The molecular weight excluding hydrogens is 262 g/mol. The van der Waals surface area contributed by atoms with Crippen molar-refractivity contribution in [3.05, 3.63) is 35.4 Å². The third kappa shape index (κ3) is 3.13. The second kappa shape index (κ2) is 5.80. The van der Waals surface area contributed by atoms with Crippen LogP contribution in [0.5, 0.6) is 0 Å². The number of aryl methyl sites for hydroxylation is 1. The van der Waals surface area contributed by atoms with Crippen LogP contribution in [0.1, 0.15) is 50.7 Å².